The molecular weight excluding hydrogens is 414 g/mol. The van der Waals surface area contributed by atoms with E-state index in [2.05, 4.69) is 24.9 Å². The van der Waals surface area contributed by atoms with E-state index in [1.807, 2.05) is 54.6 Å². The Morgan fingerprint density at radius 2 is 1.52 bits per heavy atom. The van der Waals surface area contributed by atoms with Gasteiger partial charge in [-0.15, -0.1) is 0 Å². The molecule has 1 aliphatic heterocycles. The van der Waals surface area contributed by atoms with E-state index < -0.39 is 0 Å². The van der Waals surface area contributed by atoms with Crippen molar-refractivity contribution >= 4 is 11.6 Å². The van der Waals surface area contributed by atoms with Crippen molar-refractivity contribution in [3.8, 4) is 22.8 Å². The molecule has 2 aromatic heterocycles. The molecule has 0 atom stereocenters. The third kappa shape index (κ3) is 4.85. The van der Waals surface area contributed by atoms with Crippen molar-refractivity contribution in [1.82, 2.24) is 24.9 Å². The van der Waals surface area contributed by atoms with Crippen LogP contribution in [0.25, 0.3) is 22.8 Å². The summed E-state index contributed by atoms with van der Waals surface area (Å²) >= 11 is 5.94. The second-order valence-corrected chi connectivity index (χ2v) is 8.02. The number of aromatic nitrogens is 3. The van der Waals surface area contributed by atoms with Crippen LogP contribution in [0.5, 0.6) is 0 Å². The van der Waals surface area contributed by atoms with Gasteiger partial charge in [-0.3, -0.25) is 9.80 Å². The monoisotopic (exact) mass is 435 g/mol. The summed E-state index contributed by atoms with van der Waals surface area (Å²) in [6, 6.07) is 17.4. The molecule has 0 N–H and O–H groups in total. The first-order valence-corrected chi connectivity index (χ1v) is 10.6. The normalized spacial score (nSPS) is 15.4. The van der Waals surface area contributed by atoms with Gasteiger partial charge in [0.1, 0.15) is 6.26 Å². The topological polar surface area (TPSA) is 71.4 Å². The summed E-state index contributed by atoms with van der Waals surface area (Å²) < 4.78 is 11.1. The van der Waals surface area contributed by atoms with Crippen molar-refractivity contribution < 1.29 is 8.94 Å². The van der Waals surface area contributed by atoms with Crippen LogP contribution in [0.3, 0.4) is 0 Å². The first kappa shape index (κ1) is 19.9. The van der Waals surface area contributed by atoms with E-state index in [4.69, 9.17) is 20.5 Å². The Morgan fingerprint density at radius 3 is 2.26 bits per heavy atom. The van der Waals surface area contributed by atoms with Gasteiger partial charge in [0, 0.05) is 48.9 Å². The smallest absolute Gasteiger partial charge is 0.241 e. The molecule has 0 spiro atoms. The van der Waals surface area contributed by atoms with Crippen LogP contribution in [0.1, 0.15) is 11.6 Å². The van der Waals surface area contributed by atoms with Crippen molar-refractivity contribution in [3.63, 3.8) is 0 Å². The number of piperazine rings is 1. The zero-order chi connectivity index (χ0) is 21.0. The molecule has 0 aliphatic carbocycles. The molecule has 2 aromatic carbocycles. The van der Waals surface area contributed by atoms with Crippen molar-refractivity contribution in [2.24, 2.45) is 0 Å². The summed E-state index contributed by atoms with van der Waals surface area (Å²) in [5.74, 6) is 1.88. The number of hydrogen-bond acceptors (Lipinski definition) is 7. The fourth-order valence-electron chi connectivity index (χ4n) is 3.65. The van der Waals surface area contributed by atoms with Crippen molar-refractivity contribution in [2.75, 3.05) is 26.2 Å². The number of hydrogen-bond donors (Lipinski definition) is 0. The molecule has 8 heteroatoms. The molecule has 1 aliphatic rings. The number of rotatable bonds is 6. The third-order valence-electron chi connectivity index (χ3n) is 5.35. The molecule has 0 saturated carbocycles. The van der Waals surface area contributed by atoms with Crippen LogP contribution in [0.2, 0.25) is 5.02 Å². The Balaban J connectivity index is 1.13. The van der Waals surface area contributed by atoms with E-state index in [0.29, 0.717) is 29.2 Å². The van der Waals surface area contributed by atoms with E-state index in [0.717, 1.165) is 49.5 Å². The third-order valence-corrected chi connectivity index (χ3v) is 5.60. The Hall–Kier alpha value is -3.00. The first-order chi connectivity index (χ1) is 15.2. The molecule has 1 saturated heterocycles. The van der Waals surface area contributed by atoms with E-state index in [1.54, 1.807) is 6.26 Å². The summed E-state index contributed by atoms with van der Waals surface area (Å²) in [5.41, 5.74) is 2.85. The molecule has 158 valence electrons. The van der Waals surface area contributed by atoms with Gasteiger partial charge in [-0.25, -0.2) is 4.98 Å². The minimum absolute atomic E-state index is 0.588. The molecule has 0 bridgehead atoms. The van der Waals surface area contributed by atoms with Crippen molar-refractivity contribution in [2.45, 2.75) is 13.1 Å². The molecular formula is C23H22ClN5O2. The van der Waals surface area contributed by atoms with E-state index in [9.17, 15) is 0 Å². The second kappa shape index (κ2) is 9.01. The van der Waals surface area contributed by atoms with Crippen LogP contribution in [0.4, 0.5) is 0 Å². The maximum Gasteiger partial charge on any atom is 0.241 e. The minimum atomic E-state index is 0.588. The second-order valence-electron chi connectivity index (χ2n) is 7.58. The predicted molar refractivity (Wildman–Crippen MR) is 117 cm³/mol. The highest BCUT2D eigenvalue weighted by atomic mass is 35.5. The van der Waals surface area contributed by atoms with Gasteiger partial charge in [0.25, 0.3) is 0 Å². The van der Waals surface area contributed by atoms with E-state index in [1.165, 1.54) is 0 Å². The first-order valence-electron chi connectivity index (χ1n) is 10.3. The number of oxazole rings is 1. The molecule has 31 heavy (non-hydrogen) atoms. The number of halogens is 1. The van der Waals surface area contributed by atoms with Gasteiger partial charge in [-0.1, -0.05) is 35.0 Å². The van der Waals surface area contributed by atoms with Crippen LogP contribution in [0.15, 0.2) is 69.8 Å². The van der Waals surface area contributed by atoms with Gasteiger partial charge in [0.05, 0.1) is 12.2 Å². The van der Waals surface area contributed by atoms with Crippen molar-refractivity contribution in [1.29, 1.82) is 0 Å². The lowest BCUT2D eigenvalue weighted by molar-refractivity contribution is 0.111. The Labute approximate surface area is 185 Å². The van der Waals surface area contributed by atoms with Gasteiger partial charge in [-0.05, 0) is 36.4 Å². The highest BCUT2D eigenvalue weighted by Gasteiger charge is 2.20. The van der Waals surface area contributed by atoms with Gasteiger partial charge < -0.3 is 8.94 Å². The molecule has 4 aromatic rings. The molecule has 0 unspecified atom stereocenters. The van der Waals surface area contributed by atoms with Crippen LogP contribution < -0.4 is 0 Å². The highest BCUT2D eigenvalue weighted by molar-refractivity contribution is 6.30. The van der Waals surface area contributed by atoms with Gasteiger partial charge in [-0.2, -0.15) is 4.98 Å². The van der Waals surface area contributed by atoms with Gasteiger partial charge in [0.2, 0.25) is 17.6 Å². The van der Waals surface area contributed by atoms with E-state index in [-0.39, 0.29) is 0 Å². The summed E-state index contributed by atoms with van der Waals surface area (Å²) in [6.07, 6.45) is 1.76. The highest BCUT2D eigenvalue weighted by Crippen LogP contribution is 2.21. The zero-order valence-electron chi connectivity index (χ0n) is 16.9. The SMILES string of the molecule is Clc1ccc(-c2noc(CN3CCN(Cc4coc(-c5ccccc5)n4)CC3)n2)cc1. The largest absolute Gasteiger partial charge is 0.444 e. The number of benzene rings is 2. The van der Waals surface area contributed by atoms with Crippen molar-refractivity contribution in [3.05, 3.63) is 77.5 Å². The molecule has 3 heterocycles. The molecule has 1 fully saturated rings. The van der Waals surface area contributed by atoms with Crippen LogP contribution in [-0.4, -0.2) is 51.1 Å². The standard InChI is InChI=1S/C23H22ClN5O2/c24-19-8-6-17(7-9-19)22-26-21(31-27-22)15-29-12-10-28(11-13-29)14-20-16-30-23(25-20)18-4-2-1-3-5-18/h1-9,16H,10-15H2. The lowest BCUT2D eigenvalue weighted by Crippen LogP contribution is -2.45. The Morgan fingerprint density at radius 1 is 0.806 bits per heavy atom. The molecule has 5 rings (SSSR count). The average Bonchev–Trinajstić information content (AvgIpc) is 3.46. The predicted octanol–water partition coefficient (Wildman–Crippen LogP) is 4.36. The Bertz CT molecular complexity index is 1120. The van der Waals surface area contributed by atoms with Gasteiger partial charge >= 0.3 is 0 Å². The Kier molecular flexibility index (Phi) is 5.80. The summed E-state index contributed by atoms with van der Waals surface area (Å²) in [6.45, 7) is 5.20. The van der Waals surface area contributed by atoms with Crippen LogP contribution in [-0.2, 0) is 13.1 Å². The summed E-state index contributed by atoms with van der Waals surface area (Å²) in [7, 11) is 0. The van der Waals surface area contributed by atoms with Crippen LogP contribution in [0, 0.1) is 0 Å². The lowest BCUT2D eigenvalue weighted by atomic mass is 10.2. The zero-order valence-corrected chi connectivity index (χ0v) is 17.7. The van der Waals surface area contributed by atoms with Crippen LogP contribution >= 0.6 is 11.6 Å². The number of nitrogens with zero attached hydrogens (tertiary/aromatic N) is 5. The maximum absolute atomic E-state index is 5.94. The summed E-state index contributed by atoms with van der Waals surface area (Å²) in [5, 5.41) is 4.78. The fourth-order valence-corrected chi connectivity index (χ4v) is 3.78. The summed E-state index contributed by atoms with van der Waals surface area (Å²) in [4.78, 5) is 13.9. The fraction of sp³-hybridized carbons (Fsp3) is 0.261. The quantitative estimate of drug-likeness (QED) is 0.445. The maximum atomic E-state index is 5.94. The minimum Gasteiger partial charge on any atom is -0.444 e. The lowest BCUT2D eigenvalue weighted by Gasteiger charge is -2.33. The molecule has 0 radical (unpaired) electrons. The van der Waals surface area contributed by atoms with E-state index >= 15 is 0 Å². The molecule has 0 amide bonds. The van der Waals surface area contributed by atoms with Gasteiger partial charge in [0.15, 0.2) is 0 Å². The average molecular weight is 436 g/mol. The molecule has 7 nitrogen and oxygen atoms in total.